The molecule has 0 radical (unpaired) electrons. The zero-order chi connectivity index (χ0) is 18.0. The van der Waals surface area contributed by atoms with Crippen LogP contribution in [-0.4, -0.2) is 62.7 Å². The molecule has 0 aromatic carbocycles. The Hall–Kier alpha value is -2.41. The molecule has 0 aliphatic heterocycles. The van der Waals surface area contributed by atoms with E-state index in [0.29, 0.717) is 0 Å². The summed E-state index contributed by atoms with van der Waals surface area (Å²) in [6.45, 7) is -0.723. The lowest BCUT2D eigenvalue weighted by atomic mass is 10.1. The molecule has 2 amide bonds. The highest BCUT2D eigenvalue weighted by Crippen LogP contribution is 2.04. The average Bonchev–Trinajstić information content (AvgIpc) is 2.45. The van der Waals surface area contributed by atoms with Gasteiger partial charge in [0.15, 0.2) is 0 Å². The summed E-state index contributed by atoms with van der Waals surface area (Å²) in [5, 5.41) is 31.4. The average molecular weight is 352 g/mol. The van der Waals surface area contributed by atoms with Crippen LogP contribution in [0.5, 0.6) is 0 Å². The van der Waals surface area contributed by atoms with Gasteiger partial charge in [-0.1, -0.05) is 0 Å². The zero-order valence-electron chi connectivity index (χ0n) is 11.8. The van der Waals surface area contributed by atoms with Crippen LogP contribution in [0.3, 0.4) is 0 Å². The first kappa shape index (κ1) is 20.6. The largest absolute Gasteiger partial charge is 0.481 e. The lowest BCUT2D eigenvalue weighted by molar-refractivity contribution is -0.284. The summed E-state index contributed by atoms with van der Waals surface area (Å²) < 4.78 is -0.784. The maximum atomic E-state index is 11.7. The van der Waals surface area contributed by atoms with Crippen molar-refractivity contribution in [2.75, 3.05) is 12.3 Å². The van der Waals surface area contributed by atoms with Gasteiger partial charge in [0.25, 0.3) is 0 Å². The van der Waals surface area contributed by atoms with Gasteiger partial charge in [-0.15, -0.1) is 0 Å². The van der Waals surface area contributed by atoms with Gasteiger partial charge in [-0.2, -0.15) is 0 Å². The van der Waals surface area contributed by atoms with Crippen molar-refractivity contribution in [1.82, 2.24) is 10.6 Å². The molecule has 0 heterocycles. The third-order valence-corrected chi connectivity index (χ3v) is 3.09. The number of carboxylic acids is 2. The Balaban J connectivity index is 4.68. The van der Waals surface area contributed by atoms with Crippen LogP contribution in [0.15, 0.2) is 0 Å². The number of nitrogens with two attached hydrogens (primary N) is 1. The minimum absolute atomic E-state index is 0.138. The van der Waals surface area contributed by atoms with Gasteiger partial charge in [0.2, 0.25) is 23.8 Å². The van der Waals surface area contributed by atoms with Crippen LogP contribution in [-0.2, 0) is 19.2 Å². The number of carboxylic acid groups (broad SMARTS) is 2. The highest BCUT2D eigenvalue weighted by molar-refractivity contribution is 7.93. The number of carbonyl (C=O) groups excluding carboxylic acids is 2. The highest BCUT2D eigenvalue weighted by atomic mass is 32.2. The predicted octanol–water partition coefficient (Wildman–Crippen LogP) is -2.21. The van der Waals surface area contributed by atoms with Crippen molar-refractivity contribution in [3.63, 3.8) is 0 Å². The summed E-state index contributed by atoms with van der Waals surface area (Å²) in [6, 6.07) is -2.60. The van der Waals surface area contributed by atoms with E-state index < -0.39 is 52.5 Å². The van der Waals surface area contributed by atoms with Crippen LogP contribution in [0.1, 0.15) is 12.8 Å². The van der Waals surface area contributed by atoms with Gasteiger partial charge in [0.1, 0.15) is 16.9 Å². The van der Waals surface area contributed by atoms with E-state index in [2.05, 4.69) is 5.32 Å². The number of aliphatic carboxylic acids is 2. The molecule has 0 spiro atoms. The van der Waals surface area contributed by atoms with Crippen LogP contribution < -0.4 is 16.4 Å². The molecule has 13 heteroatoms. The minimum atomic E-state index is -1.38. The molecule has 0 saturated heterocycles. The predicted molar refractivity (Wildman–Crippen MR) is 76.9 cm³/mol. The van der Waals surface area contributed by atoms with Crippen LogP contribution in [0.2, 0.25) is 0 Å². The number of hydrogen-bond acceptors (Lipinski definition) is 8. The Morgan fingerprint density at radius 3 is 2.26 bits per heavy atom. The molecule has 130 valence electrons. The number of hydrogen-bond donors (Lipinski definition) is 5. The molecule has 23 heavy (non-hydrogen) atoms. The van der Waals surface area contributed by atoms with E-state index in [9.17, 15) is 29.3 Å². The summed E-state index contributed by atoms with van der Waals surface area (Å²) in [6.07, 6.45) is -0.554. The van der Waals surface area contributed by atoms with Crippen LogP contribution >= 0.6 is 11.9 Å². The first-order chi connectivity index (χ1) is 10.6. The van der Waals surface area contributed by atoms with Crippen molar-refractivity contribution in [3.05, 3.63) is 10.1 Å². The molecule has 0 rings (SSSR count). The molecule has 12 nitrogen and oxygen atoms in total. The summed E-state index contributed by atoms with van der Waals surface area (Å²) in [5.41, 5.74) is 5.45. The van der Waals surface area contributed by atoms with Gasteiger partial charge in [0, 0.05) is 6.42 Å². The van der Waals surface area contributed by atoms with Gasteiger partial charge in [0.05, 0.1) is 11.8 Å². The zero-order valence-corrected chi connectivity index (χ0v) is 12.6. The Bertz CT molecular complexity index is 485. The maximum absolute atomic E-state index is 11.7. The fraction of sp³-hybridized carbons (Fsp3) is 0.600. The number of nitro groups is 1. The minimum Gasteiger partial charge on any atom is -0.481 e. The van der Waals surface area contributed by atoms with E-state index in [1.165, 1.54) is 0 Å². The van der Waals surface area contributed by atoms with E-state index in [4.69, 9.17) is 15.9 Å². The number of rotatable bonds is 11. The first-order valence-corrected chi connectivity index (χ1v) is 7.12. The molecule has 0 aliphatic rings. The van der Waals surface area contributed by atoms with E-state index in [1.54, 1.807) is 0 Å². The maximum Gasteiger partial charge on any atom is 0.322 e. The van der Waals surface area contributed by atoms with Gasteiger partial charge >= 0.3 is 11.9 Å². The van der Waals surface area contributed by atoms with Crippen LogP contribution in [0.25, 0.3) is 0 Å². The smallest absolute Gasteiger partial charge is 0.322 e. The lowest BCUT2D eigenvalue weighted by Gasteiger charge is -2.18. The summed E-state index contributed by atoms with van der Waals surface area (Å²) >= 11 is 0.138. The SMILES string of the molecule is N[C@@H](CCC(=O)O)C(=O)N[C@@H](CS[N+](=O)[O-])C(=O)NCC(=O)O. The van der Waals surface area contributed by atoms with E-state index in [-0.39, 0.29) is 24.8 Å². The molecule has 0 aromatic heterocycles. The second-order valence-electron chi connectivity index (χ2n) is 4.23. The fourth-order valence-corrected chi connectivity index (χ4v) is 1.80. The number of nitrogens with zero attached hydrogens (tertiary/aromatic N) is 1. The van der Waals surface area contributed by atoms with Gasteiger partial charge < -0.3 is 26.6 Å². The van der Waals surface area contributed by atoms with Crippen molar-refractivity contribution in [1.29, 1.82) is 0 Å². The molecular formula is C10H16N4O8S. The standard InChI is InChI=1S/C10H16N4O8S/c11-5(1-2-7(15)16)9(19)13-6(4-23-14(21)22)10(20)12-3-8(17)18/h5-6H,1-4,11H2,(H,12,20)(H,13,19)(H,15,16)(H,17,18)/t5-,6-/m0/s1. The molecule has 0 aromatic rings. The molecular weight excluding hydrogens is 336 g/mol. The summed E-state index contributed by atoms with van der Waals surface area (Å²) in [5.74, 6) is -4.74. The third kappa shape index (κ3) is 10.0. The van der Waals surface area contributed by atoms with E-state index in [0.717, 1.165) is 0 Å². The molecule has 0 aliphatic carbocycles. The first-order valence-electron chi connectivity index (χ1n) is 6.18. The molecule has 0 bridgehead atoms. The quantitative estimate of drug-likeness (QED) is 0.154. The summed E-state index contributed by atoms with van der Waals surface area (Å²) in [4.78, 5) is 54.6. The number of carbonyl (C=O) groups is 4. The second-order valence-corrected chi connectivity index (χ2v) is 5.12. The van der Waals surface area contributed by atoms with Crippen molar-refractivity contribution >= 4 is 35.7 Å². The lowest BCUT2D eigenvalue weighted by Crippen LogP contribution is -2.53. The number of nitrogens with one attached hydrogen (secondary N) is 2. The van der Waals surface area contributed by atoms with Gasteiger partial charge in [-0.3, -0.25) is 29.3 Å². The van der Waals surface area contributed by atoms with Crippen molar-refractivity contribution in [2.45, 2.75) is 24.9 Å². The monoisotopic (exact) mass is 352 g/mol. The van der Waals surface area contributed by atoms with Crippen molar-refractivity contribution in [2.24, 2.45) is 5.73 Å². The van der Waals surface area contributed by atoms with Crippen molar-refractivity contribution in [3.8, 4) is 0 Å². The van der Waals surface area contributed by atoms with Gasteiger partial charge in [-0.25, -0.2) is 0 Å². The Morgan fingerprint density at radius 1 is 1.17 bits per heavy atom. The Morgan fingerprint density at radius 2 is 1.78 bits per heavy atom. The number of amides is 2. The molecule has 0 saturated carbocycles. The molecule has 0 fully saturated rings. The summed E-state index contributed by atoms with van der Waals surface area (Å²) in [7, 11) is 0. The third-order valence-electron chi connectivity index (χ3n) is 2.40. The van der Waals surface area contributed by atoms with Crippen molar-refractivity contribution < 1.29 is 33.7 Å². The topological polar surface area (TPSA) is 202 Å². The highest BCUT2D eigenvalue weighted by Gasteiger charge is 2.26. The normalized spacial score (nSPS) is 12.7. The fourth-order valence-electron chi connectivity index (χ4n) is 1.29. The molecule has 2 atom stereocenters. The molecule has 0 unspecified atom stereocenters. The van der Waals surface area contributed by atoms with E-state index >= 15 is 0 Å². The van der Waals surface area contributed by atoms with Crippen LogP contribution in [0, 0.1) is 10.1 Å². The van der Waals surface area contributed by atoms with E-state index in [1.807, 2.05) is 5.32 Å². The Labute approximate surface area is 134 Å². The molecule has 6 N–H and O–H groups in total. The second kappa shape index (κ2) is 10.3. The van der Waals surface area contributed by atoms with Gasteiger partial charge in [-0.05, 0) is 6.42 Å². The Kier molecular flexibility index (Phi) is 9.26. The van der Waals surface area contributed by atoms with Crippen LogP contribution in [0.4, 0.5) is 0 Å².